The van der Waals surface area contributed by atoms with Crippen molar-refractivity contribution in [3.8, 4) is 11.5 Å². The Balaban J connectivity index is 1.87. The topological polar surface area (TPSA) is 117 Å². The highest BCUT2D eigenvalue weighted by Crippen LogP contribution is 2.33. The highest BCUT2D eigenvalue weighted by Gasteiger charge is 2.20. The third kappa shape index (κ3) is 4.47. The molecule has 2 aromatic rings. The molecule has 2 N–H and O–H groups in total. The Hall–Kier alpha value is -3.81. The highest BCUT2D eigenvalue weighted by atomic mass is 16.7. The van der Waals surface area contributed by atoms with Crippen LogP contribution in [-0.2, 0) is 14.4 Å². The molecule has 144 valence electrons. The number of carboxylic acid groups (broad SMARTS) is 1. The third-order valence-electron chi connectivity index (χ3n) is 3.91. The minimum absolute atomic E-state index is 0.103. The average Bonchev–Trinajstić information content (AvgIpc) is 3.13. The van der Waals surface area contributed by atoms with Gasteiger partial charge in [-0.2, -0.15) is 0 Å². The first-order chi connectivity index (χ1) is 13.4. The van der Waals surface area contributed by atoms with E-state index in [1.54, 1.807) is 48.5 Å². The molecule has 0 aromatic heterocycles. The van der Waals surface area contributed by atoms with Crippen LogP contribution >= 0.6 is 0 Å². The number of rotatable bonds is 6. The van der Waals surface area contributed by atoms with Gasteiger partial charge in [0.15, 0.2) is 11.5 Å². The van der Waals surface area contributed by atoms with Gasteiger partial charge in [-0.1, -0.05) is 36.4 Å². The number of hydrogen-bond acceptors (Lipinski definition) is 6. The highest BCUT2D eigenvalue weighted by molar-refractivity contribution is 6.02. The minimum Gasteiger partial charge on any atom is -0.548 e. The number of carboxylic acids is 1. The summed E-state index contributed by atoms with van der Waals surface area (Å²) in [6.07, 6.45) is 1.41. The van der Waals surface area contributed by atoms with Gasteiger partial charge in [0.2, 0.25) is 12.7 Å². The zero-order valence-corrected chi connectivity index (χ0v) is 14.9. The molecule has 0 spiro atoms. The van der Waals surface area contributed by atoms with Crippen molar-refractivity contribution in [2.45, 2.75) is 13.0 Å². The Bertz CT molecular complexity index is 939. The number of benzene rings is 2. The summed E-state index contributed by atoms with van der Waals surface area (Å²) in [6, 6.07) is 11.7. The lowest BCUT2D eigenvalue weighted by molar-refractivity contribution is -0.308. The van der Waals surface area contributed by atoms with Crippen molar-refractivity contribution >= 4 is 23.9 Å². The van der Waals surface area contributed by atoms with Crippen LogP contribution in [0.4, 0.5) is 0 Å². The third-order valence-corrected chi connectivity index (χ3v) is 3.91. The smallest absolute Gasteiger partial charge is 0.268 e. The van der Waals surface area contributed by atoms with Crippen molar-refractivity contribution in [1.82, 2.24) is 10.6 Å². The van der Waals surface area contributed by atoms with Gasteiger partial charge in [-0.15, -0.1) is 0 Å². The summed E-state index contributed by atoms with van der Waals surface area (Å²) < 4.78 is 10.5. The largest absolute Gasteiger partial charge is 0.548 e. The molecule has 1 aliphatic rings. The summed E-state index contributed by atoms with van der Waals surface area (Å²) in [6.45, 7) is 1.35. The molecule has 0 saturated heterocycles. The summed E-state index contributed by atoms with van der Waals surface area (Å²) in [7, 11) is 0. The van der Waals surface area contributed by atoms with E-state index in [9.17, 15) is 19.5 Å². The summed E-state index contributed by atoms with van der Waals surface area (Å²) in [5.41, 5.74) is 0.794. The average molecular weight is 381 g/mol. The van der Waals surface area contributed by atoms with E-state index in [2.05, 4.69) is 10.6 Å². The molecule has 1 atom stereocenters. The number of carbonyl (C=O) groups excluding carboxylic acids is 3. The molecule has 8 nitrogen and oxygen atoms in total. The van der Waals surface area contributed by atoms with E-state index in [-0.39, 0.29) is 12.5 Å². The monoisotopic (exact) mass is 381 g/mol. The first kappa shape index (κ1) is 19.0. The predicted molar refractivity (Wildman–Crippen MR) is 96.7 cm³/mol. The second kappa shape index (κ2) is 8.26. The second-order valence-electron chi connectivity index (χ2n) is 5.99. The summed E-state index contributed by atoms with van der Waals surface area (Å²) in [4.78, 5) is 35.7. The molecule has 1 heterocycles. The molecule has 2 aromatic carbocycles. The lowest BCUT2D eigenvalue weighted by Crippen LogP contribution is -2.43. The number of aliphatic carboxylic acids is 1. The first-order valence-corrected chi connectivity index (χ1v) is 8.39. The van der Waals surface area contributed by atoms with Gasteiger partial charge < -0.3 is 30.0 Å². The number of ether oxygens (including phenoxy) is 2. The van der Waals surface area contributed by atoms with Crippen molar-refractivity contribution in [2.75, 3.05) is 6.79 Å². The van der Waals surface area contributed by atoms with Gasteiger partial charge in [-0.3, -0.25) is 9.59 Å². The lowest BCUT2D eigenvalue weighted by atomic mass is 10.1. The van der Waals surface area contributed by atoms with Gasteiger partial charge in [-0.25, -0.2) is 0 Å². The van der Waals surface area contributed by atoms with Crippen molar-refractivity contribution in [3.63, 3.8) is 0 Å². The van der Waals surface area contributed by atoms with Gasteiger partial charge >= 0.3 is 0 Å². The van der Waals surface area contributed by atoms with E-state index in [1.165, 1.54) is 13.0 Å². The van der Waals surface area contributed by atoms with E-state index in [0.29, 0.717) is 22.6 Å². The molecular formula is C20H17N2O6-. The Morgan fingerprint density at radius 2 is 1.79 bits per heavy atom. The van der Waals surface area contributed by atoms with Crippen LogP contribution in [0, 0.1) is 0 Å². The van der Waals surface area contributed by atoms with E-state index in [4.69, 9.17) is 9.47 Å². The van der Waals surface area contributed by atoms with Crippen LogP contribution in [-0.4, -0.2) is 24.6 Å². The molecule has 0 bridgehead atoms. The predicted octanol–water partition coefficient (Wildman–Crippen LogP) is 0.500. The number of hydrogen-bond donors (Lipinski definition) is 2. The zero-order chi connectivity index (χ0) is 20.1. The summed E-state index contributed by atoms with van der Waals surface area (Å²) in [5.74, 6) is -1.64. The molecule has 0 aliphatic carbocycles. The number of carbonyl (C=O) groups is 3. The molecule has 0 radical (unpaired) electrons. The maximum absolute atomic E-state index is 12.7. The molecule has 0 saturated carbocycles. The number of fused-ring (bicyclic) bond motifs is 1. The number of amides is 2. The van der Waals surface area contributed by atoms with Crippen LogP contribution in [0.5, 0.6) is 11.5 Å². The van der Waals surface area contributed by atoms with Crippen LogP contribution < -0.4 is 25.2 Å². The van der Waals surface area contributed by atoms with E-state index < -0.39 is 23.8 Å². The zero-order valence-electron chi connectivity index (χ0n) is 14.9. The standard InChI is InChI=1S/C20H18N2O6/c1-12(23)21-15(9-13-7-8-16-17(10-13)28-11-27-16)19(24)22-18(20(25)26)14-5-3-2-4-6-14/h2-10,18H,11H2,1H3,(H,21,23)(H,22,24)(H,25,26)/p-1/b15-9+/t18-/m0/s1. The normalized spacial score (nSPS) is 13.5. The Morgan fingerprint density at radius 1 is 1.07 bits per heavy atom. The van der Waals surface area contributed by atoms with Crippen LogP contribution in [0.3, 0.4) is 0 Å². The SMILES string of the molecule is CC(=O)N/C(=C/c1ccc2c(c1)OCO2)C(=O)N[C@H](C(=O)[O-])c1ccccc1. The maximum atomic E-state index is 12.7. The molecule has 3 rings (SSSR count). The van der Waals surface area contributed by atoms with Gasteiger partial charge in [0.1, 0.15) is 5.70 Å². The summed E-state index contributed by atoms with van der Waals surface area (Å²) >= 11 is 0. The second-order valence-corrected chi connectivity index (χ2v) is 5.99. The maximum Gasteiger partial charge on any atom is 0.268 e. The molecular weight excluding hydrogens is 364 g/mol. The van der Waals surface area contributed by atoms with Crippen LogP contribution in [0.15, 0.2) is 54.2 Å². The molecule has 28 heavy (non-hydrogen) atoms. The quantitative estimate of drug-likeness (QED) is 0.704. The Labute approximate surface area is 160 Å². The number of nitrogens with one attached hydrogen (secondary N) is 2. The molecule has 1 aliphatic heterocycles. The van der Waals surface area contributed by atoms with Crippen molar-refractivity contribution in [2.24, 2.45) is 0 Å². The fraction of sp³-hybridized carbons (Fsp3) is 0.150. The van der Waals surface area contributed by atoms with E-state index in [1.807, 2.05) is 0 Å². The van der Waals surface area contributed by atoms with Gasteiger partial charge in [0.25, 0.3) is 5.91 Å². The van der Waals surface area contributed by atoms with Crippen LogP contribution in [0.1, 0.15) is 24.1 Å². The lowest BCUT2D eigenvalue weighted by Gasteiger charge is -2.21. The fourth-order valence-corrected chi connectivity index (χ4v) is 2.65. The van der Waals surface area contributed by atoms with Gasteiger partial charge in [0, 0.05) is 6.92 Å². The van der Waals surface area contributed by atoms with Crippen molar-refractivity contribution in [1.29, 1.82) is 0 Å². The Kier molecular flexibility index (Phi) is 5.59. The Morgan fingerprint density at radius 3 is 2.46 bits per heavy atom. The minimum atomic E-state index is -1.47. The van der Waals surface area contributed by atoms with E-state index >= 15 is 0 Å². The van der Waals surface area contributed by atoms with Crippen molar-refractivity contribution in [3.05, 3.63) is 65.4 Å². The van der Waals surface area contributed by atoms with Gasteiger partial charge in [-0.05, 0) is 29.3 Å². The fourth-order valence-electron chi connectivity index (χ4n) is 2.65. The van der Waals surface area contributed by atoms with Crippen LogP contribution in [0.2, 0.25) is 0 Å². The van der Waals surface area contributed by atoms with E-state index in [0.717, 1.165) is 0 Å². The molecule has 8 heteroatoms. The first-order valence-electron chi connectivity index (χ1n) is 8.39. The molecule has 0 unspecified atom stereocenters. The van der Waals surface area contributed by atoms with Crippen molar-refractivity contribution < 1.29 is 29.0 Å². The molecule has 2 amide bonds. The van der Waals surface area contributed by atoms with Crippen LogP contribution in [0.25, 0.3) is 6.08 Å². The van der Waals surface area contributed by atoms with Gasteiger partial charge in [0.05, 0.1) is 12.0 Å². The summed E-state index contributed by atoms with van der Waals surface area (Å²) in [5, 5.41) is 16.3. The molecule has 0 fully saturated rings.